The first-order valence-electron chi connectivity index (χ1n) is 10.1. The highest BCUT2D eigenvalue weighted by Gasteiger charge is 2.21. The van der Waals surface area contributed by atoms with E-state index in [-0.39, 0.29) is 23.7 Å². The van der Waals surface area contributed by atoms with Crippen molar-refractivity contribution in [3.05, 3.63) is 70.4 Å². The number of pyridine rings is 1. The van der Waals surface area contributed by atoms with Crippen molar-refractivity contribution in [2.75, 3.05) is 25.1 Å². The number of urea groups is 1. The van der Waals surface area contributed by atoms with Gasteiger partial charge >= 0.3 is 6.03 Å². The summed E-state index contributed by atoms with van der Waals surface area (Å²) in [5.74, 6) is -0.370. The van der Waals surface area contributed by atoms with Crippen LogP contribution < -0.4 is 22.1 Å². The summed E-state index contributed by atoms with van der Waals surface area (Å²) in [6.07, 6.45) is 4.74. The molecule has 0 aliphatic heterocycles. The first kappa shape index (κ1) is 23.2. The third-order valence-corrected chi connectivity index (χ3v) is 5.91. The van der Waals surface area contributed by atoms with E-state index in [0.29, 0.717) is 17.8 Å². The van der Waals surface area contributed by atoms with Gasteiger partial charge in [-0.2, -0.15) is 0 Å². The van der Waals surface area contributed by atoms with E-state index in [9.17, 15) is 9.59 Å². The first-order valence-corrected chi connectivity index (χ1v) is 11.0. The van der Waals surface area contributed by atoms with Gasteiger partial charge in [0.1, 0.15) is 10.7 Å². The molecule has 2 aromatic heterocycles. The van der Waals surface area contributed by atoms with Crippen molar-refractivity contribution >= 4 is 34.6 Å². The molecule has 3 amide bonds. The second-order valence-electron chi connectivity index (χ2n) is 7.51. The fourth-order valence-electron chi connectivity index (χ4n) is 3.36. The normalized spacial score (nSPS) is 12.8. The lowest BCUT2D eigenvalue weighted by atomic mass is 10.00. The summed E-state index contributed by atoms with van der Waals surface area (Å²) in [7, 11) is 3.99. The van der Waals surface area contributed by atoms with E-state index in [0.717, 1.165) is 17.0 Å². The van der Waals surface area contributed by atoms with Crippen LogP contribution in [-0.2, 0) is 0 Å². The molecule has 10 heteroatoms. The summed E-state index contributed by atoms with van der Waals surface area (Å²) in [5.41, 5.74) is 13.3. The molecule has 3 aromatic rings. The molecule has 0 saturated carbocycles. The number of para-hydroxylation sites is 2. The number of nitrogen functional groups attached to an aromatic ring is 1. The molecule has 6 N–H and O–H groups in total. The Labute approximate surface area is 190 Å². The van der Waals surface area contributed by atoms with E-state index < -0.39 is 6.03 Å². The van der Waals surface area contributed by atoms with Crippen molar-refractivity contribution in [1.29, 1.82) is 0 Å². The van der Waals surface area contributed by atoms with Gasteiger partial charge in [-0.1, -0.05) is 18.2 Å². The summed E-state index contributed by atoms with van der Waals surface area (Å²) in [5, 5.41) is 8.48. The minimum absolute atomic E-state index is 0.113. The topological polar surface area (TPSA) is 139 Å². The SMILES string of the molecule is CN(C)C(CCC(NC(N)=O)c1ccc(C(=O)Nc2ccccc2N)nc1)c1nccs1. The maximum atomic E-state index is 12.5. The molecule has 0 spiro atoms. The Morgan fingerprint density at radius 2 is 1.91 bits per heavy atom. The largest absolute Gasteiger partial charge is 0.397 e. The van der Waals surface area contributed by atoms with Gasteiger partial charge < -0.3 is 27.0 Å². The first-order chi connectivity index (χ1) is 15.3. The molecule has 0 fully saturated rings. The molecule has 2 atom stereocenters. The van der Waals surface area contributed by atoms with Crippen molar-refractivity contribution in [3.8, 4) is 0 Å². The van der Waals surface area contributed by atoms with Gasteiger partial charge in [-0.05, 0) is 50.7 Å². The average Bonchev–Trinajstić information content (AvgIpc) is 3.29. The van der Waals surface area contributed by atoms with Gasteiger partial charge in [-0.3, -0.25) is 9.78 Å². The van der Waals surface area contributed by atoms with E-state index in [1.807, 2.05) is 19.5 Å². The lowest BCUT2D eigenvalue weighted by Gasteiger charge is -2.25. The molecule has 0 aliphatic carbocycles. The zero-order valence-corrected chi connectivity index (χ0v) is 18.8. The van der Waals surface area contributed by atoms with Gasteiger partial charge in [0.05, 0.1) is 23.5 Å². The van der Waals surface area contributed by atoms with Gasteiger partial charge in [0.2, 0.25) is 0 Å². The second kappa shape index (κ2) is 10.7. The third kappa shape index (κ3) is 6.02. The van der Waals surface area contributed by atoms with Crippen LogP contribution in [-0.4, -0.2) is 40.9 Å². The molecule has 2 unspecified atom stereocenters. The molecule has 168 valence electrons. The number of benzene rings is 1. The van der Waals surface area contributed by atoms with Crippen LogP contribution in [0.1, 0.15) is 46.0 Å². The molecular formula is C22H27N7O2S. The summed E-state index contributed by atoms with van der Waals surface area (Å²) in [6, 6.07) is 9.54. The number of nitrogens with one attached hydrogen (secondary N) is 2. The highest BCUT2D eigenvalue weighted by molar-refractivity contribution is 7.09. The van der Waals surface area contributed by atoms with Crippen molar-refractivity contribution in [2.45, 2.75) is 24.9 Å². The number of thiazole rings is 1. The fraction of sp³-hybridized carbons (Fsp3) is 0.273. The van der Waals surface area contributed by atoms with E-state index in [1.165, 1.54) is 0 Å². The molecule has 2 heterocycles. The second-order valence-corrected chi connectivity index (χ2v) is 8.43. The highest BCUT2D eigenvalue weighted by Crippen LogP contribution is 2.29. The Balaban J connectivity index is 1.71. The Hall–Kier alpha value is -3.50. The Kier molecular flexibility index (Phi) is 7.74. The quantitative estimate of drug-likeness (QED) is 0.367. The molecule has 1 aromatic carbocycles. The number of primary amides is 1. The van der Waals surface area contributed by atoms with E-state index >= 15 is 0 Å². The van der Waals surface area contributed by atoms with Crippen LogP contribution in [0.15, 0.2) is 54.2 Å². The van der Waals surface area contributed by atoms with Crippen LogP contribution in [0.4, 0.5) is 16.2 Å². The number of nitrogens with zero attached hydrogens (tertiary/aromatic N) is 3. The minimum Gasteiger partial charge on any atom is -0.397 e. The molecule has 0 aliphatic rings. The van der Waals surface area contributed by atoms with E-state index in [2.05, 4.69) is 25.5 Å². The number of hydrogen-bond donors (Lipinski definition) is 4. The summed E-state index contributed by atoms with van der Waals surface area (Å²) < 4.78 is 0. The zero-order chi connectivity index (χ0) is 23.1. The molecule has 9 nitrogen and oxygen atoms in total. The Morgan fingerprint density at radius 3 is 2.50 bits per heavy atom. The van der Waals surface area contributed by atoms with Gasteiger partial charge in [0.25, 0.3) is 5.91 Å². The van der Waals surface area contributed by atoms with Crippen molar-refractivity contribution < 1.29 is 9.59 Å². The van der Waals surface area contributed by atoms with E-state index in [4.69, 9.17) is 11.5 Å². The fourth-order valence-corrected chi connectivity index (χ4v) is 4.23. The van der Waals surface area contributed by atoms with E-state index in [1.54, 1.807) is 60.1 Å². The number of amides is 3. The third-order valence-electron chi connectivity index (χ3n) is 5.04. The Bertz CT molecular complexity index is 1040. The molecular weight excluding hydrogens is 426 g/mol. The average molecular weight is 454 g/mol. The lowest BCUT2D eigenvalue weighted by Crippen LogP contribution is -2.34. The van der Waals surface area contributed by atoms with Crippen LogP contribution in [0.2, 0.25) is 0 Å². The monoisotopic (exact) mass is 453 g/mol. The van der Waals surface area contributed by atoms with Crippen molar-refractivity contribution in [2.24, 2.45) is 5.73 Å². The Morgan fingerprint density at radius 1 is 1.12 bits per heavy atom. The van der Waals surface area contributed by atoms with Gasteiger partial charge in [0.15, 0.2) is 0 Å². The predicted molar refractivity (Wildman–Crippen MR) is 126 cm³/mol. The number of nitrogens with two attached hydrogens (primary N) is 2. The number of anilines is 2. The summed E-state index contributed by atoms with van der Waals surface area (Å²) >= 11 is 1.60. The van der Waals surface area contributed by atoms with Crippen LogP contribution in [0.3, 0.4) is 0 Å². The lowest BCUT2D eigenvalue weighted by molar-refractivity contribution is 0.102. The predicted octanol–water partition coefficient (Wildman–Crippen LogP) is 3.17. The summed E-state index contributed by atoms with van der Waals surface area (Å²) in [4.78, 5) is 34.9. The van der Waals surface area contributed by atoms with Crippen molar-refractivity contribution in [1.82, 2.24) is 20.2 Å². The number of aromatic nitrogens is 2. The van der Waals surface area contributed by atoms with Gasteiger partial charge in [-0.15, -0.1) is 11.3 Å². The maximum Gasteiger partial charge on any atom is 0.312 e. The highest BCUT2D eigenvalue weighted by atomic mass is 32.1. The molecule has 0 saturated heterocycles. The smallest absolute Gasteiger partial charge is 0.312 e. The van der Waals surface area contributed by atoms with Crippen molar-refractivity contribution in [3.63, 3.8) is 0 Å². The summed E-state index contributed by atoms with van der Waals surface area (Å²) in [6.45, 7) is 0. The van der Waals surface area contributed by atoms with Gasteiger partial charge in [0, 0.05) is 17.8 Å². The molecule has 0 radical (unpaired) electrons. The number of hydrogen-bond acceptors (Lipinski definition) is 7. The van der Waals surface area contributed by atoms with Crippen LogP contribution >= 0.6 is 11.3 Å². The number of carbonyl (C=O) groups is 2. The maximum absolute atomic E-state index is 12.5. The van der Waals surface area contributed by atoms with Gasteiger partial charge in [-0.25, -0.2) is 9.78 Å². The molecule has 3 rings (SSSR count). The standard InChI is InChI=1S/C22H27N7O2S/c1-29(2)19(21-25-11-12-32-21)10-9-16(28-22(24)31)14-7-8-18(26-13-14)20(30)27-17-6-4-3-5-15(17)23/h3-8,11-13,16,19H,9-10,23H2,1-2H3,(H,27,30)(H3,24,28,31). The van der Waals surface area contributed by atoms with Crippen LogP contribution in [0, 0.1) is 0 Å². The minimum atomic E-state index is -0.618. The number of rotatable bonds is 9. The van der Waals surface area contributed by atoms with Crippen LogP contribution in [0.5, 0.6) is 0 Å². The van der Waals surface area contributed by atoms with Crippen LogP contribution in [0.25, 0.3) is 0 Å². The zero-order valence-electron chi connectivity index (χ0n) is 18.0. The molecule has 0 bridgehead atoms. The number of carbonyl (C=O) groups excluding carboxylic acids is 2. The molecule has 32 heavy (non-hydrogen) atoms.